The van der Waals surface area contributed by atoms with E-state index in [1.54, 1.807) is 0 Å². The molecule has 2 aliphatic rings. The van der Waals surface area contributed by atoms with Gasteiger partial charge in [-0.05, 0) is 105 Å². The molecule has 12 rings (SSSR count). The molecule has 62 heavy (non-hydrogen) atoms. The molecule has 2 heterocycles. The Morgan fingerprint density at radius 2 is 0.935 bits per heavy atom. The van der Waals surface area contributed by atoms with Gasteiger partial charge < -0.3 is 9.47 Å². The molecule has 292 valence electrons. The Kier molecular flexibility index (Phi) is 8.67. The number of rotatable bonds is 7. The third-order valence-electron chi connectivity index (χ3n) is 12.9. The van der Waals surface area contributed by atoms with Crippen LogP contribution in [0.1, 0.15) is 28.5 Å². The van der Waals surface area contributed by atoms with Crippen LogP contribution >= 0.6 is 0 Å². The summed E-state index contributed by atoms with van der Waals surface area (Å²) in [5.74, 6) is 0.277. The lowest BCUT2D eigenvalue weighted by molar-refractivity contribution is 0.711. The lowest BCUT2D eigenvalue weighted by atomic mass is 9.75. The Hall–Kier alpha value is -7.94. The monoisotopic (exact) mass is 790 g/mol. The molecular weight excluding hydrogens is 749 g/mol. The first-order chi connectivity index (χ1) is 30.8. The van der Waals surface area contributed by atoms with Crippen molar-refractivity contribution < 1.29 is 0 Å². The molecule has 2 atom stereocenters. The molecular formula is C60H42N2. The third kappa shape index (κ3) is 5.95. The number of para-hydroxylation sites is 2. The second-order valence-corrected chi connectivity index (χ2v) is 16.4. The smallest absolute Gasteiger partial charge is 0.0619 e. The maximum Gasteiger partial charge on any atom is 0.0619 e. The molecule has 9 aromatic carbocycles. The van der Waals surface area contributed by atoms with Gasteiger partial charge in [0.15, 0.2) is 0 Å². The van der Waals surface area contributed by atoms with Crippen molar-refractivity contribution in [3.05, 3.63) is 265 Å². The van der Waals surface area contributed by atoms with Crippen LogP contribution in [0.2, 0.25) is 0 Å². The predicted molar refractivity (Wildman–Crippen MR) is 260 cm³/mol. The molecule has 2 nitrogen and oxygen atoms in total. The van der Waals surface area contributed by atoms with Crippen molar-refractivity contribution in [3.63, 3.8) is 0 Å². The number of benzene rings is 9. The number of allylic oxidation sites excluding steroid dienone is 4. The van der Waals surface area contributed by atoms with E-state index in [-0.39, 0.29) is 11.8 Å². The van der Waals surface area contributed by atoms with Crippen molar-refractivity contribution >= 4 is 38.8 Å². The minimum atomic E-state index is 0.110. The zero-order valence-electron chi connectivity index (χ0n) is 34.1. The van der Waals surface area contributed by atoms with Gasteiger partial charge in [-0.15, -0.1) is 0 Å². The summed E-state index contributed by atoms with van der Waals surface area (Å²) >= 11 is 0. The van der Waals surface area contributed by atoms with Gasteiger partial charge in [-0.25, -0.2) is 0 Å². The van der Waals surface area contributed by atoms with Crippen LogP contribution in [0.15, 0.2) is 248 Å². The molecule has 0 fully saturated rings. The van der Waals surface area contributed by atoms with Crippen LogP contribution in [0.3, 0.4) is 0 Å². The van der Waals surface area contributed by atoms with Crippen molar-refractivity contribution in [1.29, 1.82) is 0 Å². The zero-order chi connectivity index (χ0) is 41.0. The molecule has 0 bridgehead atoms. The van der Waals surface area contributed by atoms with Crippen LogP contribution in [-0.4, -0.2) is 4.57 Å². The second kappa shape index (κ2) is 15.0. The van der Waals surface area contributed by atoms with Gasteiger partial charge in [0.2, 0.25) is 0 Å². The van der Waals surface area contributed by atoms with Crippen molar-refractivity contribution in [2.45, 2.75) is 11.8 Å². The molecule has 1 aromatic heterocycles. The maximum atomic E-state index is 2.53. The van der Waals surface area contributed by atoms with Gasteiger partial charge in [-0.3, -0.25) is 0 Å². The van der Waals surface area contributed by atoms with Gasteiger partial charge in [0, 0.05) is 56.5 Å². The second-order valence-electron chi connectivity index (χ2n) is 16.4. The van der Waals surface area contributed by atoms with E-state index in [4.69, 9.17) is 0 Å². The first-order valence-corrected chi connectivity index (χ1v) is 21.6. The van der Waals surface area contributed by atoms with Gasteiger partial charge in [0.05, 0.1) is 11.0 Å². The zero-order valence-corrected chi connectivity index (χ0v) is 34.1. The fourth-order valence-corrected chi connectivity index (χ4v) is 10.2. The van der Waals surface area contributed by atoms with E-state index in [1.165, 1.54) is 94.5 Å². The highest BCUT2D eigenvalue weighted by atomic mass is 15.2. The standard InChI is InChI=1S/C60H42N2/c1-7-19-41(20-8-1)47-39-52(44-25-13-4-14-26-44)59-54(40-47)53-37-45(31-35-56(53)61(59)48-27-15-5-16-28-48)46-32-36-57-55(38-46)58-50(42-21-9-2-10-22-42)33-34-51(43-23-11-3-12-24-43)60(58)62(57)49-29-17-6-18-30-49/h1-40,50,58H. The number of fused-ring (bicyclic) bond motifs is 6. The fraction of sp³-hybridized carbons (Fsp3) is 0.0333. The van der Waals surface area contributed by atoms with Gasteiger partial charge in [-0.2, -0.15) is 0 Å². The van der Waals surface area contributed by atoms with Crippen LogP contribution in [0.25, 0.3) is 66.4 Å². The first kappa shape index (κ1) is 36.0. The summed E-state index contributed by atoms with van der Waals surface area (Å²) in [6.45, 7) is 0. The van der Waals surface area contributed by atoms with Crippen LogP contribution in [0.4, 0.5) is 11.4 Å². The van der Waals surface area contributed by atoms with Crippen molar-refractivity contribution in [2.75, 3.05) is 4.90 Å². The summed E-state index contributed by atoms with van der Waals surface area (Å²) < 4.78 is 2.47. The minimum absolute atomic E-state index is 0.110. The minimum Gasteiger partial charge on any atom is -0.313 e. The number of hydrogen-bond acceptors (Lipinski definition) is 1. The Morgan fingerprint density at radius 3 is 1.61 bits per heavy atom. The lowest BCUT2D eigenvalue weighted by Gasteiger charge is -2.32. The van der Waals surface area contributed by atoms with E-state index in [2.05, 4.69) is 252 Å². The Bertz CT molecular complexity index is 3310. The van der Waals surface area contributed by atoms with Crippen molar-refractivity contribution in [1.82, 2.24) is 4.57 Å². The third-order valence-corrected chi connectivity index (χ3v) is 12.9. The Morgan fingerprint density at radius 1 is 0.387 bits per heavy atom. The van der Waals surface area contributed by atoms with E-state index in [0.29, 0.717) is 0 Å². The highest BCUT2D eigenvalue weighted by molar-refractivity contribution is 6.16. The van der Waals surface area contributed by atoms with Crippen molar-refractivity contribution in [3.8, 4) is 39.1 Å². The van der Waals surface area contributed by atoms with Crippen LogP contribution in [0, 0.1) is 0 Å². The number of hydrogen-bond donors (Lipinski definition) is 0. The fourth-order valence-electron chi connectivity index (χ4n) is 10.2. The number of nitrogens with zero attached hydrogens (tertiary/aromatic N) is 2. The largest absolute Gasteiger partial charge is 0.313 e. The van der Waals surface area contributed by atoms with Crippen LogP contribution < -0.4 is 4.90 Å². The molecule has 0 amide bonds. The molecule has 10 aromatic rings. The maximum absolute atomic E-state index is 2.53. The summed E-state index contributed by atoms with van der Waals surface area (Å²) in [5, 5.41) is 2.47. The summed E-state index contributed by atoms with van der Waals surface area (Å²) in [6.07, 6.45) is 4.81. The average molecular weight is 791 g/mol. The highest BCUT2D eigenvalue weighted by Gasteiger charge is 2.43. The first-order valence-electron chi connectivity index (χ1n) is 21.6. The van der Waals surface area contributed by atoms with Gasteiger partial charge >= 0.3 is 0 Å². The average Bonchev–Trinajstić information content (AvgIpc) is 3.88. The number of anilines is 2. The topological polar surface area (TPSA) is 8.17 Å². The summed E-state index contributed by atoms with van der Waals surface area (Å²) in [5.41, 5.74) is 19.7. The molecule has 1 aliphatic carbocycles. The normalized spacial score (nSPS) is 15.6. The van der Waals surface area contributed by atoms with Gasteiger partial charge in [0.25, 0.3) is 0 Å². The predicted octanol–water partition coefficient (Wildman–Crippen LogP) is 15.8. The molecule has 1 aliphatic heterocycles. The van der Waals surface area contributed by atoms with Crippen LogP contribution in [0.5, 0.6) is 0 Å². The summed E-state index contributed by atoms with van der Waals surface area (Å²) in [7, 11) is 0. The van der Waals surface area contributed by atoms with Gasteiger partial charge in [0.1, 0.15) is 0 Å². The highest BCUT2D eigenvalue weighted by Crippen LogP contribution is 2.58. The van der Waals surface area contributed by atoms with E-state index < -0.39 is 0 Å². The SMILES string of the molecule is C1=CC(c2ccccc2)C2C(=C1c1ccccc1)N(c1ccccc1)c1ccc(-c3ccc4c(c3)c3cc(-c5ccccc5)cc(-c5ccccc5)c3n4-c3ccccc3)cc12. The Balaban J connectivity index is 1.10. The molecule has 0 radical (unpaired) electrons. The number of aromatic nitrogens is 1. The summed E-state index contributed by atoms with van der Waals surface area (Å²) in [4.78, 5) is 2.53. The van der Waals surface area contributed by atoms with E-state index in [9.17, 15) is 0 Å². The summed E-state index contributed by atoms with van der Waals surface area (Å²) in [6, 6.07) is 84.4. The lowest BCUT2D eigenvalue weighted by Crippen LogP contribution is -2.21. The molecule has 2 unspecified atom stereocenters. The van der Waals surface area contributed by atoms with E-state index in [0.717, 1.165) is 5.69 Å². The molecule has 2 heteroatoms. The quantitative estimate of drug-likeness (QED) is 0.156. The molecule has 0 spiro atoms. The van der Waals surface area contributed by atoms with Crippen LogP contribution in [-0.2, 0) is 0 Å². The van der Waals surface area contributed by atoms with Gasteiger partial charge in [-0.1, -0.05) is 182 Å². The molecule has 0 saturated heterocycles. The molecule has 0 N–H and O–H groups in total. The van der Waals surface area contributed by atoms with E-state index >= 15 is 0 Å². The van der Waals surface area contributed by atoms with Crippen molar-refractivity contribution in [2.24, 2.45) is 0 Å². The Labute approximate surface area is 362 Å². The molecule has 0 saturated carbocycles. The van der Waals surface area contributed by atoms with E-state index in [1.807, 2.05) is 0 Å².